The summed E-state index contributed by atoms with van der Waals surface area (Å²) in [7, 11) is 0. The first-order valence-corrected chi connectivity index (χ1v) is 6.15. The van der Waals surface area contributed by atoms with Gasteiger partial charge in [-0.25, -0.2) is 0 Å². The van der Waals surface area contributed by atoms with Crippen LogP contribution in [0.3, 0.4) is 0 Å². The standard InChI is InChI=1S/C12H24N2O2/c1-9(2)5-13-6-11(15)8-14-7-10(3)4-12(14)16/h9-11,13,15H,4-8H2,1-3H3. The minimum atomic E-state index is -0.451. The molecule has 2 unspecified atom stereocenters. The zero-order chi connectivity index (χ0) is 12.1. The summed E-state index contributed by atoms with van der Waals surface area (Å²) in [5.41, 5.74) is 0. The van der Waals surface area contributed by atoms with Crippen LogP contribution in [0.4, 0.5) is 0 Å². The molecule has 4 nitrogen and oxygen atoms in total. The van der Waals surface area contributed by atoms with E-state index in [0.717, 1.165) is 13.1 Å². The van der Waals surface area contributed by atoms with Crippen LogP contribution in [0.15, 0.2) is 0 Å². The summed E-state index contributed by atoms with van der Waals surface area (Å²) in [6, 6.07) is 0. The van der Waals surface area contributed by atoms with Gasteiger partial charge in [-0.3, -0.25) is 4.79 Å². The molecule has 0 saturated carbocycles. The average Bonchev–Trinajstić information content (AvgIpc) is 2.44. The lowest BCUT2D eigenvalue weighted by atomic mass is 10.2. The van der Waals surface area contributed by atoms with E-state index in [1.807, 2.05) is 0 Å². The van der Waals surface area contributed by atoms with Crippen molar-refractivity contribution in [1.82, 2.24) is 10.2 Å². The van der Waals surface area contributed by atoms with E-state index in [4.69, 9.17) is 0 Å². The Morgan fingerprint density at radius 2 is 2.19 bits per heavy atom. The van der Waals surface area contributed by atoms with Gasteiger partial charge in [0.15, 0.2) is 0 Å². The smallest absolute Gasteiger partial charge is 0.223 e. The van der Waals surface area contributed by atoms with E-state index in [1.54, 1.807) is 4.90 Å². The maximum Gasteiger partial charge on any atom is 0.223 e. The number of nitrogens with zero attached hydrogens (tertiary/aromatic N) is 1. The van der Waals surface area contributed by atoms with Crippen molar-refractivity contribution in [3.8, 4) is 0 Å². The van der Waals surface area contributed by atoms with E-state index in [0.29, 0.717) is 31.3 Å². The first-order chi connectivity index (χ1) is 7.49. The molecule has 0 aliphatic carbocycles. The zero-order valence-electron chi connectivity index (χ0n) is 10.6. The normalized spacial score (nSPS) is 23.2. The molecule has 1 rings (SSSR count). The lowest BCUT2D eigenvalue weighted by Crippen LogP contribution is -2.39. The van der Waals surface area contributed by atoms with Gasteiger partial charge in [0.05, 0.1) is 6.10 Å². The van der Waals surface area contributed by atoms with Gasteiger partial charge in [0, 0.05) is 26.1 Å². The van der Waals surface area contributed by atoms with E-state index >= 15 is 0 Å². The van der Waals surface area contributed by atoms with Crippen LogP contribution in [0.1, 0.15) is 27.2 Å². The lowest BCUT2D eigenvalue weighted by Gasteiger charge is -2.21. The highest BCUT2D eigenvalue weighted by Crippen LogP contribution is 2.16. The fourth-order valence-corrected chi connectivity index (χ4v) is 2.00. The average molecular weight is 228 g/mol. The number of nitrogens with one attached hydrogen (secondary N) is 1. The van der Waals surface area contributed by atoms with Crippen molar-refractivity contribution in [2.24, 2.45) is 11.8 Å². The molecule has 4 heteroatoms. The van der Waals surface area contributed by atoms with Crippen molar-refractivity contribution < 1.29 is 9.90 Å². The van der Waals surface area contributed by atoms with Crippen LogP contribution in [0.5, 0.6) is 0 Å². The summed E-state index contributed by atoms with van der Waals surface area (Å²) in [4.78, 5) is 13.3. The molecule has 16 heavy (non-hydrogen) atoms. The van der Waals surface area contributed by atoms with Crippen LogP contribution in [0.2, 0.25) is 0 Å². The van der Waals surface area contributed by atoms with Crippen LogP contribution >= 0.6 is 0 Å². The van der Waals surface area contributed by atoms with Crippen molar-refractivity contribution in [2.75, 3.05) is 26.2 Å². The van der Waals surface area contributed by atoms with Gasteiger partial charge in [-0.2, -0.15) is 0 Å². The van der Waals surface area contributed by atoms with Gasteiger partial charge in [-0.05, 0) is 18.4 Å². The Kier molecular flexibility index (Phi) is 5.22. The molecule has 0 spiro atoms. The molecule has 2 N–H and O–H groups in total. The molecule has 1 amide bonds. The van der Waals surface area contributed by atoms with Crippen molar-refractivity contribution in [3.63, 3.8) is 0 Å². The molecule has 0 aromatic carbocycles. The summed E-state index contributed by atoms with van der Waals surface area (Å²) in [5.74, 6) is 1.19. The van der Waals surface area contributed by atoms with E-state index in [9.17, 15) is 9.90 Å². The molecule has 0 radical (unpaired) electrons. The van der Waals surface area contributed by atoms with Crippen LogP contribution in [0.25, 0.3) is 0 Å². The molecular formula is C12H24N2O2. The molecule has 1 heterocycles. The summed E-state index contributed by atoms with van der Waals surface area (Å²) >= 11 is 0. The predicted molar refractivity (Wildman–Crippen MR) is 64.1 cm³/mol. The number of carbonyl (C=O) groups is 1. The van der Waals surface area contributed by atoms with E-state index in [1.165, 1.54) is 0 Å². The minimum Gasteiger partial charge on any atom is -0.390 e. The van der Waals surface area contributed by atoms with Crippen molar-refractivity contribution in [2.45, 2.75) is 33.3 Å². The number of rotatable bonds is 6. The predicted octanol–water partition coefficient (Wildman–Crippen LogP) is 0.461. The second kappa shape index (κ2) is 6.21. The highest BCUT2D eigenvalue weighted by molar-refractivity contribution is 5.78. The Labute approximate surface area is 98.0 Å². The zero-order valence-corrected chi connectivity index (χ0v) is 10.6. The van der Waals surface area contributed by atoms with Crippen LogP contribution in [-0.2, 0) is 4.79 Å². The molecule has 1 saturated heterocycles. The summed E-state index contributed by atoms with van der Waals surface area (Å²) in [5, 5.41) is 13.0. The lowest BCUT2D eigenvalue weighted by molar-refractivity contribution is -0.128. The second-order valence-electron chi connectivity index (χ2n) is 5.31. The highest BCUT2D eigenvalue weighted by Gasteiger charge is 2.27. The Morgan fingerprint density at radius 3 is 2.69 bits per heavy atom. The molecule has 0 bridgehead atoms. The molecule has 0 aromatic rings. The Balaban J connectivity index is 2.18. The number of amides is 1. The second-order valence-corrected chi connectivity index (χ2v) is 5.31. The highest BCUT2D eigenvalue weighted by atomic mass is 16.3. The van der Waals surface area contributed by atoms with Gasteiger partial charge in [0.25, 0.3) is 0 Å². The molecule has 1 aliphatic rings. The minimum absolute atomic E-state index is 0.176. The first kappa shape index (κ1) is 13.5. The topological polar surface area (TPSA) is 52.6 Å². The molecule has 0 aromatic heterocycles. The van der Waals surface area contributed by atoms with Crippen molar-refractivity contribution in [3.05, 3.63) is 0 Å². The monoisotopic (exact) mass is 228 g/mol. The largest absolute Gasteiger partial charge is 0.390 e. The van der Waals surface area contributed by atoms with Crippen LogP contribution in [-0.4, -0.2) is 48.2 Å². The third-order valence-corrected chi connectivity index (χ3v) is 2.77. The van der Waals surface area contributed by atoms with Gasteiger partial charge in [-0.15, -0.1) is 0 Å². The fourth-order valence-electron chi connectivity index (χ4n) is 2.00. The Morgan fingerprint density at radius 1 is 1.50 bits per heavy atom. The van der Waals surface area contributed by atoms with Gasteiger partial charge in [0.1, 0.15) is 0 Å². The number of aliphatic hydroxyl groups is 1. The molecule has 1 fully saturated rings. The third kappa shape index (κ3) is 4.49. The quantitative estimate of drug-likeness (QED) is 0.694. The summed E-state index contributed by atoms with van der Waals surface area (Å²) in [6.07, 6.45) is 0.180. The first-order valence-electron chi connectivity index (χ1n) is 6.15. The van der Waals surface area contributed by atoms with E-state index in [2.05, 4.69) is 26.1 Å². The molecular weight excluding hydrogens is 204 g/mol. The molecule has 2 atom stereocenters. The SMILES string of the molecule is CC(C)CNCC(O)CN1CC(C)CC1=O. The van der Waals surface area contributed by atoms with Gasteiger partial charge in [0.2, 0.25) is 5.91 Å². The van der Waals surface area contributed by atoms with Gasteiger partial charge >= 0.3 is 0 Å². The van der Waals surface area contributed by atoms with Crippen molar-refractivity contribution in [1.29, 1.82) is 0 Å². The fraction of sp³-hybridized carbons (Fsp3) is 0.917. The number of aliphatic hydroxyl groups excluding tert-OH is 1. The maximum atomic E-state index is 11.5. The van der Waals surface area contributed by atoms with Crippen molar-refractivity contribution >= 4 is 5.91 Å². The molecule has 1 aliphatic heterocycles. The van der Waals surface area contributed by atoms with E-state index < -0.39 is 6.10 Å². The third-order valence-electron chi connectivity index (χ3n) is 2.77. The number of hydrogen-bond donors (Lipinski definition) is 2. The summed E-state index contributed by atoms with van der Waals surface area (Å²) < 4.78 is 0. The Hall–Kier alpha value is -0.610. The molecule has 94 valence electrons. The van der Waals surface area contributed by atoms with E-state index in [-0.39, 0.29) is 5.91 Å². The number of likely N-dealkylation sites (tertiary alicyclic amines) is 1. The number of carbonyl (C=O) groups excluding carboxylic acids is 1. The maximum absolute atomic E-state index is 11.5. The number of hydrogen-bond acceptors (Lipinski definition) is 3. The Bertz CT molecular complexity index is 231. The summed E-state index contributed by atoms with van der Waals surface area (Å²) in [6.45, 7) is 9.06. The van der Waals surface area contributed by atoms with Crippen LogP contribution < -0.4 is 5.32 Å². The van der Waals surface area contributed by atoms with Gasteiger partial charge < -0.3 is 15.3 Å². The number of β-amino-alcohol motifs (C(OH)–C–C–N with tert-alkyl or cyclic N) is 1. The van der Waals surface area contributed by atoms with Gasteiger partial charge in [-0.1, -0.05) is 20.8 Å². The van der Waals surface area contributed by atoms with Crippen LogP contribution in [0, 0.1) is 11.8 Å².